The van der Waals surface area contributed by atoms with Crippen molar-refractivity contribution in [3.05, 3.63) is 20.8 Å². The maximum atomic E-state index is 12.3. The Morgan fingerprint density at radius 3 is 2.67 bits per heavy atom. The van der Waals surface area contributed by atoms with E-state index in [1.807, 2.05) is 25.3 Å². The van der Waals surface area contributed by atoms with Crippen LogP contribution in [0.5, 0.6) is 0 Å². The van der Waals surface area contributed by atoms with E-state index < -0.39 is 10.0 Å². The minimum Gasteiger partial charge on any atom is -0.373 e. The lowest BCUT2D eigenvalue weighted by atomic mass is 10.3. The SMILES string of the molecule is CC1CN(S(=O)(=O)CCNCc2cc(Br)cs2)CC(C)O1. The Hall–Kier alpha value is 0.01000. The van der Waals surface area contributed by atoms with Crippen LogP contribution in [0.4, 0.5) is 0 Å². The molecule has 0 saturated carbocycles. The van der Waals surface area contributed by atoms with Gasteiger partial charge < -0.3 is 10.1 Å². The molecule has 0 spiro atoms. The van der Waals surface area contributed by atoms with E-state index in [1.54, 1.807) is 15.6 Å². The zero-order valence-corrected chi connectivity index (χ0v) is 15.4. The second-order valence-corrected chi connectivity index (χ2v) is 9.30. The molecule has 8 heteroatoms. The number of sulfonamides is 1. The van der Waals surface area contributed by atoms with Crippen molar-refractivity contribution in [3.63, 3.8) is 0 Å². The fraction of sp³-hybridized carbons (Fsp3) is 0.692. The Morgan fingerprint density at radius 2 is 2.10 bits per heavy atom. The third kappa shape index (κ3) is 5.30. The first kappa shape index (κ1) is 17.4. The summed E-state index contributed by atoms with van der Waals surface area (Å²) in [6.07, 6.45) is -0.0834. The number of rotatable bonds is 6. The molecule has 1 fully saturated rings. The van der Waals surface area contributed by atoms with Crippen LogP contribution in [-0.2, 0) is 21.3 Å². The second-order valence-electron chi connectivity index (χ2n) is 5.30. The molecule has 120 valence electrons. The number of hydrogen-bond donors (Lipinski definition) is 1. The van der Waals surface area contributed by atoms with Crippen molar-refractivity contribution in [1.82, 2.24) is 9.62 Å². The molecule has 1 aromatic rings. The molecule has 21 heavy (non-hydrogen) atoms. The molecule has 0 aliphatic carbocycles. The van der Waals surface area contributed by atoms with Gasteiger partial charge >= 0.3 is 0 Å². The van der Waals surface area contributed by atoms with E-state index in [2.05, 4.69) is 21.2 Å². The zero-order chi connectivity index (χ0) is 15.5. The standard InChI is InChI=1S/C13H21BrN2O3S2/c1-10-7-16(8-11(2)19-10)21(17,18)4-3-15-6-13-5-12(14)9-20-13/h5,9-11,15H,3-4,6-8H2,1-2H3. The molecule has 0 bridgehead atoms. The summed E-state index contributed by atoms with van der Waals surface area (Å²) >= 11 is 5.05. The molecule has 0 amide bonds. The highest BCUT2D eigenvalue weighted by atomic mass is 79.9. The molecule has 5 nitrogen and oxygen atoms in total. The van der Waals surface area contributed by atoms with Gasteiger partial charge in [-0.3, -0.25) is 0 Å². The van der Waals surface area contributed by atoms with Crippen molar-refractivity contribution in [2.24, 2.45) is 0 Å². The van der Waals surface area contributed by atoms with Crippen molar-refractivity contribution in [2.45, 2.75) is 32.6 Å². The molecule has 2 rings (SSSR count). The number of nitrogens with one attached hydrogen (secondary N) is 1. The normalized spacial score (nSPS) is 24.3. The first-order valence-electron chi connectivity index (χ1n) is 6.94. The van der Waals surface area contributed by atoms with E-state index >= 15 is 0 Å². The fourth-order valence-corrected chi connectivity index (χ4v) is 5.30. The van der Waals surface area contributed by atoms with Crippen LogP contribution in [0.2, 0.25) is 0 Å². The molecule has 2 unspecified atom stereocenters. The summed E-state index contributed by atoms with van der Waals surface area (Å²) in [7, 11) is -3.21. The highest BCUT2D eigenvalue weighted by molar-refractivity contribution is 9.10. The van der Waals surface area contributed by atoms with Crippen LogP contribution in [-0.4, -0.2) is 50.3 Å². The molecule has 1 aliphatic rings. The number of ether oxygens (including phenoxy) is 1. The van der Waals surface area contributed by atoms with Gasteiger partial charge in [-0.2, -0.15) is 4.31 Å². The van der Waals surface area contributed by atoms with Crippen LogP contribution < -0.4 is 5.32 Å². The third-order valence-corrected chi connectivity index (χ3v) is 6.74. The Kier molecular flexibility index (Phi) is 6.22. The van der Waals surface area contributed by atoms with Crippen LogP contribution in [0, 0.1) is 0 Å². The van der Waals surface area contributed by atoms with Gasteiger partial charge in [0.1, 0.15) is 0 Å². The topological polar surface area (TPSA) is 58.6 Å². The maximum Gasteiger partial charge on any atom is 0.215 e. The maximum absolute atomic E-state index is 12.3. The minimum absolute atomic E-state index is 0.0417. The molecule has 1 aromatic heterocycles. The summed E-state index contributed by atoms with van der Waals surface area (Å²) in [6.45, 7) is 5.87. The van der Waals surface area contributed by atoms with E-state index in [0.29, 0.717) is 26.2 Å². The Morgan fingerprint density at radius 1 is 1.43 bits per heavy atom. The van der Waals surface area contributed by atoms with Crippen LogP contribution in [0.1, 0.15) is 18.7 Å². The smallest absolute Gasteiger partial charge is 0.215 e. The number of thiophene rings is 1. The summed E-state index contributed by atoms with van der Waals surface area (Å²) in [5.74, 6) is 0.124. The van der Waals surface area contributed by atoms with E-state index in [1.165, 1.54) is 4.88 Å². The largest absolute Gasteiger partial charge is 0.373 e. The number of nitrogens with zero attached hydrogens (tertiary/aromatic N) is 1. The van der Waals surface area contributed by atoms with Crippen molar-refractivity contribution in [2.75, 3.05) is 25.4 Å². The van der Waals surface area contributed by atoms with Gasteiger partial charge in [0.2, 0.25) is 10.0 Å². The zero-order valence-electron chi connectivity index (χ0n) is 12.2. The van der Waals surface area contributed by atoms with E-state index in [-0.39, 0.29) is 18.0 Å². The molecular weight excluding hydrogens is 376 g/mol. The van der Waals surface area contributed by atoms with E-state index in [0.717, 1.165) is 4.47 Å². The molecule has 1 aliphatic heterocycles. The van der Waals surface area contributed by atoms with Crippen LogP contribution in [0.15, 0.2) is 15.9 Å². The Labute approximate surface area is 138 Å². The Bertz CT molecular complexity index is 552. The average molecular weight is 397 g/mol. The van der Waals surface area contributed by atoms with Crippen molar-refractivity contribution in [1.29, 1.82) is 0 Å². The van der Waals surface area contributed by atoms with Gasteiger partial charge in [0, 0.05) is 40.9 Å². The van der Waals surface area contributed by atoms with Crippen molar-refractivity contribution >= 4 is 37.3 Å². The number of morpholine rings is 1. The number of halogens is 1. The van der Waals surface area contributed by atoms with Crippen LogP contribution in [0.25, 0.3) is 0 Å². The van der Waals surface area contributed by atoms with Gasteiger partial charge in [-0.1, -0.05) is 0 Å². The highest BCUT2D eigenvalue weighted by Crippen LogP contribution is 2.19. The summed E-state index contributed by atoms with van der Waals surface area (Å²) in [5.41, 5.74) is 0. The Balaban J connectivity index is 1.78. The van der Waals surface area contributed by atoms with E-state index in [9.17, 15) is 8.42 Å². The molecule has 2 heterocycles. The second kappa shape index (κ2) is 7.52. The van der Waals surface area contributed by atoms with Gasteiger partial charge in [0.15, 0.2) is 0 Å². The molecule has 0 radical (unpaired) electrons. The molecular formula is C13H21BrN2O3S2. The number of hydrogen-bond acceptors (Lipinski definition) is 5. The highest BCUT2D eigenvalue weighted by Gasteiger charge is 2.30. The van der Waals surface area contributed by atoms with E-state index in [4.69, 9.17) is 4.74 Å². The van der Waals surface area contributed by atoms with Gasteiger partial charge in [0.05, 0.1) is 18.0 Å². The third-order valence-electron chi connectivity index (χ3n) is 3.24. The lowest BCUT2D eigenvalue weighted by Crippen LogP contribution is -2.49. The van der Waals surface area contributed by atoms with Crippen molar-refractivity contribution < 1.29 is 13.2 Å². The first-order chi connectivity index (χ1) is 9.87. The van der Waals surface area contributed by atoms with Crippen molar-refractivity contribution in [3.8, 4) is 0 Å². The summed E-state index contributed by atoms with van der Waals surface area (Å²) in [4.78, 5) is 1.19. The molecule has 1 saturated heterocycles. The van der Waals surface area contributed by atoms with Crippen LogP contribution >= 0.6 is 27.3 Å². The molecule has 1 N–H and O–H groups in total. The monoisotopic (exact) mass is 396 g/mol. The molecule has 2 atom stereocenters. The first-order valence-corrected chi connectivity index (χ1v) is 10.2. The fourth-order valence-electron chi connectivity index (χ4n) is 2.35. The summed E-state index contributed by atoms with van der Waals surface area (Å²) in [5, 5.41) is 5.20. The average Bonchev–Trinajstić information content (AvgIpc) is 2.79. The lowest BCUT2D eigenvalue weighted by molar-refractivity contribution is -0.0440. The van der Waals surface area contributed by atoms with Crippen LogP contribution in [0.3, 0.4) is 0 Å². The predicted molar refractivity (Wildman–Crippen MR) is 89.1 cm³/mol. The predicted octanol–water partition coefficient (Wildman–Crippen LogP) is 2.04. The minimum atomic E-state index is -3.21. The van der Waals surface area contributed by atoms with Gasteiger partial charge in [-0.15, -0.1) is 11.3 Å². The quantitative estimate of drug-likeness (QED) is 0.747. The summed E-state index contributed by atoms with van der Waals surface area (Å²) in [6, 6.07) is 2.04. The van der Waals surface area contributed by atoms with Gasteiger partial charge in [-0.25, -0.2) is 8.42 Å². The van der Waals surface area contributed by atoms with Gasteiger partial charge in [0.25, 0.3) is 0 Å². The van der Waals surface area contributed by atoms with Gasteiger partial charge in [-0.05, 0) is 35.8 Å². The molecule has 0 aromatic carbocycles. The summed E-state index contributed by atoms with van der Waals surface area (Å²) < 4.78 is 32.8. The lowest BCUT2D eigenvalue weighted by Gasteiger charge is -2.34.